The molecule has 1 saturated carbocycles. The first-order chi connectivity index (χ1) is 9.62. The minimum absolute atomic E-state index is 0.0218. The minimum atomic E-state index is -0.595. The lowest BCUT2D eigenvalue weighted by atomic mass is 9.81. The smallest absolute Gasteiger partial charge is 0.129 e. The molecule has 0 heterocycles. The van der Waals surface area contributed by atoms with Crippen LogP contribution >= 0.6 is 0 Å². The summed E-state index contributed by atoms with van der Waals surface area (Å²) in [4.78, 5) is 0. The molecule has 0 radical (unpaired) electrons. The van der Waals surface area contributed by atoms with Crippen molar-refractivity contribution in [2.24, 2.45) is 5.92 Å². The van der Waals surface area contributed by atoms with Gasteiger partial charge in [-0.1, -0.05) is 19.8 Å². The van der Waals surface area contributed by atoms with Gasteiger partial charge in [0.05, 0.1) is 0 Å². The van der Waals surface area contributed by atoms with Crippen LogP contribution in [-0.2, 0) is 0 Å². The van der Waals surface area contributed by atoms with Crippen LogP contribution in [0, 0.1) is 17.6 Å². The summed E-state index contributed by atoms with van der Waals surface area (Å²) in [5.41, 5.74) is 0. The molecule has 4 heteroatoms. The van der Waals surface area contributed by atoms with E-state index < -0.39 is 11.6 Å². The van der Waals surface area contributed by atoms with Gasteiger partial charge in [-0.2, -0.15) is 0 Å². The SMILES string of the molecule is CCCC1CCC(NC)C(Oc2cc(F)cc(F)c2)C1. The van der Waals surface area contributed by atoms with Crippen LogP contribution < -0.4 is 10.1 Å². The van der Waals surface area contributed by atoms with E-state index in [1.54, 1.807) is 0 Å². The number of likely N-dealkylation sites (N-methyl/N-ethyl adjacent to an activating group) is 1. The average molecular weight is 283 g/mol. The normalized spacial score (nSPS) is 26.5. The monoisotopic (exact) mass is 283 g/mol. The highest BCUT2D eigenvalue weighted by Gasteiger charge is 2.30. The summed E-state index contributed by atoms with van der Waals surface area (Å²) in [5.74, 6) is -0.262. The average Bonchev–Trinajstić information content (AvgIpc) is 2.38. The van der Waals surface area contributed by atoms with Crippen molar-refractivity contribution in [2.75, 3.05) is 7.05 Å². The quantitative estimate of drug-likeness (QED) is 0.885. The molecule has 0 aliphatic heterocycles. The van der Waals surface area contributed by atoms with Crippen LogP contribution in [0.15, 0.2) is 18.2 Å². The van der Waals surface area contributed by atoms with Crippen molar-refractivity contribution < 1.29 is 13.5 Å². The standard InChI is InChI=1S/C16H23F2NO/c1-3-4-11-5-6-15(19-2)16(7-11)20-14-9-12(17)8-13(18)10-14/h8-11,15-16,19H,3-7H2,1-2H3. The highest BCUT2D eigenvalue weighted by atomic mass is 19.1. The second kappa shape index (κ2) is 7.02. The minimum Gasteiger partial charge on any atom is -0.489 e. The molecule has 2 rings (SSSR count). The molecule has 0 bridgehead atoms. The van der Waals surface area contributed by atoms with Crippen molar-refractivity contribution in [2.45, 2.75) is 51.2 Å². The number of hydrogen-bond donors (Lipinski definition) is 1. The fraction of sp³-hybridized carbons (Fsp3) is 0.625. The van der Waals surface area contributed by atoms with Gasteiger partial charge >= 0.3 is 0 Å². The fourth-order valence-electron chi connectivity index (χ4n) is 3.11. The Morgan fingerprint density at radius 2 is 1.90 bits per heavy atom. The lowest BCUT2D eigenvalue weighted by Crippen LogP contribution is -2.45. The predicted octanol–water partition coefficient (Wildman–Crippen LogP) is 3.90. The third-order valence-electron chi connectivity index (χ3n) is 4.09. The molecule has 1 aromatic rings. The van der Waals surface area contributed by atoms with Gasteiger partial charge in [-0.25, -0.2) is 8.78 Å². The van der Waals surface area contributed by atoms with Crippen LogP contribution in [0.4, 0.5) is 8.78 Å². The lowest BCUT2D eigenvalue weighted by Gasteiger charge is -2.36. The van der Waals surface area contributed by atoms with Crippen LogP contribution in [0.2, 0.25) is 0 Å². The maximum atomic E-state index is 13.2. The third-order valence-corrected chi connectivity index (χ3v) is 4.09. The molecule has 1 aliphatic rings. The highest BCUT2D eigenvalue weighted by Crippen LogP contribution is 2.31. The van der Waals surface area contributed by atoms with Gasteiger partial charge in [-0.15, -0.1) is 0 Å². The highest BCUT2D eigenvalue weighted by molar-refractivity contribution is 5.24. The molecule has 1 aliphatic carbocycles. The first kappa shape index (κ1) is 15.2. The van der Waals surface area contributed by atoms with Crippen LogP contribution in [0.1, 0.15) is 39.0 Å². The van der Waals surface area contributed by atoms with Gasteiger partial charge in [0.15, 0.2) is 0 Å². The van der Waals surface area contributed by atoms with Gasteiger partial charge in [0.25, 0.3) is 0 Å². The van der Waals surface area contributed by atoms with E-state index in [4.69, 9.17) is 4.74 Å². The summed E-state index contributed by atoms with van der Waals surface area (Å²) in [6, 6.07) is 3.61. The first-order valence-corrected chi connectivity index (χ1v) is 7.42. The molecular weight excluding hydrogens is 260 g/mol. The van der Waals surface area contributed by atoms with Crippen LogP contribution in [0.25, 0.3) is 0 Å². The van der Waals surface area contributed by atoms with E-state index in [1.165, 1.54) is 25.0 Å². The summed E-state index contributed by atoms with van der Waals surface area (Å²) in [5, 5.41) is 3.25. The Kier molecular flexibility index (Phi) is 5.35. The van der Waals surface area contributed by atoms with Crippen molar-refractivity contribution in [1.82, 2.24) is 5.32 Å². The van der Waals surface area contributed by atoms with Gasteiger partial charge in [0.2, 0.25) is 0 Å². The van der Waals surface area contributed by atoms with Gasteiger partial charge in [0.1, 0.15) is 23.5 Å². The van der Waals surface area contributed by atoms with Crippen LogP contribution in [-0.4, -0.2) is 19.2 Å². The molecule has 2 nitrogen and oxygen atoms in total. The Balaban J connectivity index is 2.06. The van der Waals surface area contributed by atoms with Crippen LogP contribution in [0.3, 0.4) is 0 Å². The molecule has 1 N–H and O–H groups in total. The number of benzene rings is 1. The van der Waals surface area contributed by atoms with E-state index >= 15 is 0 Å². The number of hydrogen-bond acceptors (Lipinski definition) is 2. The molecule has 0 saturated heterocycles. The van der Waals surface area contributed by atoms with E-state index in [1.807, 2.05) is 7.05 Å². The van der Waals surface area contributed by atoms with Gasteiger partial charge in [0, 0.05) is 24.2 Å². The van der Waals surface area contributed by atoms with E-state index in [-0.39, 0.29) is 17.9 Å². The molecule has 1 fully saturated rings. The van der Waals surface area contributed by atoms with Crippen molar-refractivity contribution in [3.63, 3.8) is 0 Å². The zero-order chi connectivity index (χ0) is 14.5. The maximum Gasteiger partial charge on any atom is 0.129 e. The Bertz CT molecular complexity index is 418. The Labute approximate surface area is 119 Å². The van der Waals surface area contributed by atoms with Gasteiger partial charge in [-0.05, 0) is 32.2 Å². The molecule has 20 heavy (non-hydrogen) atoms. The molecule has 3 unspecified atom stereocenters. The molecule has 112 valence electrons. The second-order valence-corrected chi connectivity index (χ2v) is 5.62. The Morgan fingerprint density at radius 1 is 1.20 bits per heavy atom. The van der Waals surface area contributed by atoms with Crippen molar-refractivity contribution in [1.29, 1.82) is 0 Å². The van der Waals surface area contributed by atoms with Gasteiger partial charge in [-0.3, -0.25) is 0 Å². The van der Waals surface area contributed by atoms with E-state index in [0.717, 1.165) is 25.3 Å². The molecular formula is C16H23F2NO. The molecule has 1 aromatic carbocycles. The third kappa shape index (κ3) is 3.92. The summed E-state index contributed by atoms with van der Waals surface area (Å²) in [6.07, 6.45) is 5.51. The number of halogens is 2. The van der Waals surface area contributed by atoms with E-state index in [2.05, 4.69) is 12.2 Å². The largest absolute Gasteiger partial charge is 0.489 e. The lowest BCUT2D eigenvalue weighted by molar-refractivity contribution is 0.0860. The fourth-order valence-corrected chi connectivity index (χ4v) is 3.11. The first-order valence-electron chi connectivity index (χ1n) is 7.42. The Hall–Kier alpha value is -1.16. The zero-order valence-electron chi connectivity index (χ0n) is 12.2. The predicted molar refractivity (Wildman–Crippen MR) is 75.9 cm³/mol. The number of ether oxygens (including phenoxy) is 1. The zero-order valence-corrected chi connectivity index (χ0v) is 12.2. The number of nitrogens with one attached hydrogen (secondary N) is 1. The van der Waals surface area contributed by atoms with Crippen molar-refractivity contribution in [3.05, 3.63) is 29.8 Å². The van der Waals surface area contributed by atoms with Gasteiger partial charge < -0.3 is 10.1 Å². The summed E-state index contributed by atoms with van der Waals surface area (Å²) < 4.78 is 32.3. The van der Waals surface area contributed by atoms with E-state index in [0.29, 0.717) is 5.92 Å². The summed E-state index contributed by atoms with van der Waals surface area (Å²) in [7, 11) is 1.91. The maximum absolute atomic E-state index is 13.2. The Morgan fingerprint density at radius 3 is 2.50 bits per heavy atom. The topological polar surface area (TPSA) is 21.3 Å². The molecule has 3 atom stereocenters. The second-order valence-electron chi connectivity index (χ2n) is 5.62. The molecule has 0 aromatic heterocycles. The van der Waals surface area contributed by atoms with Crippen LogP contribution in [0.5, 0.6) is 5.75 Å². The van der Waals surface area contributed by atoms with Crippen molar-refractivity contribution >= 4 is 0 Å². The van der Waals surface area contributed by atoms with Crippen molar-refractivity contribution in [3.8, 4) is 5.75 Å². The number of rotatable bonds is 5. The molecule has 0 amide bonds. The molecule has 0 spiro atoms. The summed E-state index contributed by atoms with van der Waals surface area (Å²) in [6.45, 7) is 2.18. The van der Waals surface area contributed by atoms with E-state index in [9.17, 15) is 8.78 Å². The summed E-state index contributed by atoms with van der Waals surface area (Å²) >= 11 is 0.